The first-order valence-electron chi connectivity index (χ1n) is 11.5. The summed E-state index contributed by atoms with van der Waals surface area (Å²) in [7, 11) is 0. The zero-order valence-corrected chi connectivity index (χ0v) is 20.4. The second-order valence-electron chi connectivity index (χ2n) is 10.3. The molecule has 2 unspecified atom stereocenters. The lowest BCUT2D eigenvalue weighted by Crippen LogP contribution is -2.58. The number of hydrogen-bond donors (Lipinski definition) is 1. The highest BCUT2D eigenvalue weighted by atomic mass is 16.6. The summed E-state index contributed by atoms with van der Waals surface area (Å²) in [5.74, 6) is -0.453. The van der Waals surface area contributed by atoms with Gasteiger partial charge in [0.1, 0.15) is 17.7 Å². The number of hydrogen-bond acceptors (Lipinski definition) is 7. The molecular formula is C23H36N6O4. The molecule has 10 heteroatoms. The molecule has 2 atom stereocenters. The van der Waals surface area contributed by atoms with Crippen molar-refractivity contribution in [1.29, 1.82) is 10.5 Å². The molecule has 0 aromatic carbocycles. The van der Waals surface area contributed by atoms with E-state index in [1.807, 2.05) is 13.8 Å². The fourth-order valence-electron chi connectivity index (χ4n) is 4.11. The molecule has 2 rings (SSSR count). The van der Waals surface area contributed by atoms with Crippen LogP contribution in [0.15, 0.2) is 0 Å². The maximum atomic E-state index is 13.1. The minimum Gasteiger partial charge on any atom is -0.444 e. The summed E-state index contributed by atoms with van der Waals surface area (Å²) in [6.07, 6.45) is 2.24. The van der Waals surface area contributed by atoms with Crippen LogP contribution in [-0.4, -0.2) is 88.6 Å². The molecule has 2 aliphatic rings. The molecule has 0 bridgehead atoms. The maximum Gasteiger partial charge on any atom is 0.407 e. The Morgan fingerprint density at radius 3 is 1.79 bits per heavy atom. The smallest absolute Gasteiger partial charge is 0.407 e. The number of rotatable bonds is 7. The number of nitrogens with zero attached hydrogens (tertiary/aromatic N) is 5. The summed E-state index contributed by atoms with van der Waals surface area (Å²) in [6.45, 7) is 10.0. The van der Waals surface area contributed by atoms with Crippen molar-refractivity contribution in [3.8, 4) is 12.1 Å². The molecule has 0 saturated carbocycles. The number of likely N-dealkylation sites (tertiary alicyclic amines) is 2. The van der Waals surface area contributed by atoms with Crippen molar-refractivity contribution in [1.82, 2.24) is 20.0 Å². The van der Waals surface area contributed by atoms with Crippen LogP contribution in [-0.2, 0) is 14.3 Å². The fourth-order valence-corrected chi connectivity index (χ4v) is 4.11. The molecule has 2 aliphatic heterocycles. The highest BCUT2D eigenvalue weighted by Crippen LogP contribution is 2.22. The lowest BCUT2D eigenvalue weighted by Gasteiger charge is -2.39. The molecule has 3 amide bonds. The maximum absolute atomic E-state index is 13.1. The predicted octanol–water partition coefficient (Wildman–Crippen LogP) is 1.62. The van der Waals surface area contributed by atoms with Gasteiger partial charge in [-0.1, -0.05) is 0 Å². The lowest BCUT2D eigenvalue weighted by atomic mass is 10.0. The lowest BCUT2D eigenvalue weighted by molar-refractivity contribution is -0.138. The molecule has 0 aliphatic carbocycles. The number of alkyl carbamates (subject to hydrolysis) is 1. The Morgan fingerprint density at radius 2 is 1.39 bits per heavy atom. The Morgan fingerprint density at radius 1 is 0.939 bits per heavy atom. The van der Waals surface area contributed by atoms with Crippen molar-refractivity contribution in [3.63, 3.8) is 0 Å². The largest absolute Gasteiger partial charge is 0.444 e. The van der Waals surface area contributed by atoms with E-state index in [1.165, 1.54) is 0 Å². The average molecular weight is 461 g/mol. The first kappa shape index (κ1) is 26.4. The zero-order chi connectivity index (χ0) is 24.8. The first-order valence-corrected chi connectivity index (χ1v) is 11.5. The molecule has 0 aromatic heterocycles. The predicted molar refractivity (Wildman–Crippen MR) is 121 cm³/mol. The van der Waals surface area contributed by atoms with Crippen LogP contribution in [0.5, 0.6) is 0 Å². The van der Waals surface area contributed by atoms with Gasteiger partial charge in [0.15, 0.2) is 0 Å². The third-order valence-corrected chi connectivity index (χ3v) is 6.02. The van der Waals surface area contributed by atoms with Crippen molar-refractivity contribution < 1.29 is 19.1 Å². The van der Waals surface area contributed by atoms with Gasteiger partial charge in [-0.2, -0.15) is 10.5 Å². The SMILES string of the molecule is CC(C)(C)OC(=O)NCC(C)(C)N(CC(=O)N1CCCC1C#N)CC(=O)N1CCCC1C#N. The summed E-state index contributed by atoms with van der Waals surface area (Å²) >= 11 is 0. The van der Waals surface area contributed by atoms with Gasteiger partial charge < -0.3 is 19.9 Å². The zero-order valence-electron chi connectivity index (χ0n) is 20.4. The summed E-state index contributed by atoms with van der Waals surface area (Å²) < 4.78 is 5.30. The fraction of sp³-hybridized carbons (Fsp3) is 0.783. The Labute approximate surface area is 196 Å². The number of nitrogens with one attached hydrogen (secondary N) is 1. The van der Waals surface area contributed by atoms with Gasteiger partial charge in [-0.05, 0) is 60.3 Å². The van der Waals surface area contributed by atoms with Gasteiger partial charge in [0, 0.05) is 25.2 Å². The van der Waals surface area contributed by atoms with Crippen LogP contribution in [0.4, 0.5) is 4.79 Å². The van der Waals surface area contributed by atoms with Gasteiger partial charge in [0.2, 0.25) is 11.8 Å². The third kappa shape index (κ3) is 7.33. The summed E-state index contributed by atoms with van der Waals surface area (Å²) in [4.78, 5) is 43.1. The Bertz CT molecular complexity index is 776. The molecule has 2 fully saturated rings. The van der Waals surface area contributed by atoms with Crippen LogP contribution < -0.4 is 5.32 Å². The molecule has 33 heavy (non-hydrogen) atoms. The van der Waals surface area contributed by atoms with Crippen LogP contribution >= 0.6 is 0 Å². The quantitative estimate of drug-likeness (QED) is 0.611. The highest BCUT2D eigenvalue weighted by Gasteiger charge is 2.37. The molecule has 2 saturated heterocycles. The molecular weight excluding hydrogens is 424 g/mol. The average Bonchev–Trinajstić information content (AvgIpc) is 3.39. The van der Waals surface area contributed by atoms with Crippen LogP contribution in [0.25, 0.3) is 0 Å². The number of carbonyl (C=O) groups excluding carboxylic acids is 3. The van der Waals surface area contributed by atoms with E-state index in [0.29, 0.717) is 25.9 Å². The molecule has 182 valence electrons. The highest BCUT2D eigenvalue weighted by molar-refractivity contribution is 5.82. The Hall–Kier alpha value is -2.85. The molecule has 1 N–H and O–H groups in total. The third-order valence-electron chi connectivity index (χ3n) is 6.02. The van der Waals surface area contributed by atoms with E-state index in [1.54, 1.807) is 35.5 Å². The second kappa shape index (κ2) is 10.8. The van der Waals surface area contributed by atoms with E-state index in [9.17, 15) is 24.9 Å². The molecule has 0 spiro atoms. The van der Waals surface area contributed by atoms with Gasteiger partial charge in [0.05, 0.1) is 25.2 Å². The first-order chi connectivity index (χ1) is 15.4. The molecule has 0 radical (unpaired) electrons. The minimum atomic E-state index is -0.772. The van der Waals surface area contributed by atoms with E-state index in [4.69, 9.17) is 4.74 Å². The van der Waals surface area contributed by atoms with Crippen molar-refractivity contribution in [2.24, 2.45) is 0 Å². The summed E-state index contributed by atoms with van der Waals surface area (Å²) in [6, 6.07) is 3.42. The second-order valence-corrected chi connectivity index (χ2v) is 10.3. The molecule has 0 aromatic rings. The van der Waals surface area contributed by atoms with Gasteiger partial charge in [-0.15, -0.1) is 0 Å². The van der Waals surface area contributed by atoms with Crippen molar-refractivity contribution in [2.75, 3.05) is 32.7 Å². The summed E-state index contributed by atoms with van der Waals surface area (Å²) in [5, 5.41) is 21.4. The Kier molecular flexibility index (Phi) is 8.68. The van der Waals surface area contributed by atoms with E-state index < -0.39 is 29.3 Å². The minimum absolute atomic E-state index is 0.0714. The normalized spacial score (nSPS) is 21.0. The summed E-state index contributed by atoms with van der Waals surface area (Å²) in [5.41, 5.74) is -1.42. The topological polar surface area (TPSA) is 130 Å². The van der Waals surface area contributed by atoms with Crippen LogP contribution in [0.1, 0.15) is 60.3 Å². The number of nitriles is 2. The van der Waals surface area contributed by atoms with E-state index in [2.05, 4.69) is 17.5 Å². The molecule has 2 heterocycles. The van der Waals surface area contributed by atoms with E-state index >= 15 is 0 Å². The van der Waals surface area contributed by atoms with Gasteiger partial charge in [-0.3, -0.25) is 14.5 Å². The van der Waals surface area contributed by atoms with E-state index in [0.717, 1.165) is 12.8 Å². The van der Waals surface area contributed by atoms with Gasteiger partial charge in [-0.25, -0.2) is 4.79 Å². The van der Waals surface area contributed by atoms with Crippen molar-refractivity contribution in [3.05, 3.63) is 0 Å². The van der Waals surface area contributed by atoms with E-state index in [-0.39, 0.29) is 31.4 Å². The number of ether oxygens (including phenoxy) is 1. The number of amides is 3. The Balaban J connectivity index is 2.15. The van der Waals surface area contributed by atoms with Crippen molar-refractivity contribution >= 4 is 17.9 Å². The monoisotopic (exact) mass is 460 g/mol. The van der Waals surface area contributed by atoms with Crippen LogP contribution in [0, 0.1) is 22.7 Å². The molecule has 10 nitrogen and oxygen atoms in total. The number of carbonyl (C=O) groups is 3. The van der Waals surface area contributed by atoms with Gasteiger partial charge in [0.25, 0.3) is 0 Å². The standard InChI is InChI=1S/C23H36N6O4/c1-22(2,3)33-21(32)26-16-23(4,5)27(14-19(30)28-10-6-8-17(28)12-24)15-20(31)29-11-7-9-18(29)13-25/h17-18H,6-11,14-16H2,1-5H3,(H,26,32). The van der Waals surface area contributed by atoms with Crippen molar-refractivity contribution in [2.45, 2.75) is 83.5 Å². The van der Waals surface area contributed by atoms with Crippen LogP contribution in [0.3, 0.4) is 0 Å². The van der Waals surface area contributed by atoms with Crippen LogP contribution in [0.2, 0.25) is 0 Å². The van der Waals surface area contributed by atoms with Gasteiger partial charge >= 0.3 is 6.09 Å².